The molecule has 2 atom stereocenters. The number of nitrogens with one attached hydrogen (secondary N) is 1. The van der Waals surface area contributed by atoms with E-state index in [-0.39, 0.29) is 12.6 Å². The summed E-state index contributed by atoms with van der Waals surface area (Å²) in [4.78, 5) is 5.53. The zero-order valence-corrected chi connectivity index (χ0v) is 15.6. The van der Waals surface area contributed by atoms with E-state index < -0.39 is 20.8 Å². The second kappa shape index (κ2) is 6.51. The van der Waals surface area contributed by atoms with Crippen molar-refractivity contribution >= 4 is 10.0 Å². The van der Waals surface area contributed by atoms with Gasteiger partial charge in [0.05, 0.1) is 12.6 Å². The van der Waals surface area contributed by atoms with Crippen LogP contribution in [0.4, 0.5) is 0 Å². The van der Waals surface area contributed by atoms with Crippen molar-refractivity contribution in [3.63, 3.8) is 0 Å². The fourth-order valence-electron chi connectivity index (χ4n) is 2.86. The summed E-state index contributed by atoms with van der Waals surface area (Å²) in [6, 6.07) is 7.83. The summed E-state index contributed by atoms with van der Waals surface area (Å²) in [6.45, 7) is 9.97. The second-order valence-corrected chi connectivity index (χ2v) is 9.44. The van der Waals surface area contributed by atoms with Gasteiger partial charge in [-0.15, -0.1) is 0 Å². The Morgan fingerprint density at radius 3 is 2.26 bits per heavy atom. The molecule has 0 bridgehead atoms. The lowest BCUT2D eigenvalue weighted by atomic mass is 9.98. The van der Waals surface area contributed by atoms with Crippen LogP contribution in [0.5, 0.6) is 0 Å². The Morgan fingerprint density at radius 1 is 1.22 bits per heavy atom. The van der Waals surface area contributed by atoms with E-state index in [1.165, 1.54) is 5.56 Å². The van der Waals surface area contributed by atoms with Gasteiger partial charge in [0.15, 0.2) is 0 Å². The van der Waals surface area contributed by atoms with Crippen molar-refractivity contribution in [2.45, 2.75) is 57.4 Å². The van der Waals surface area contributed by atoms with Gasteiger partial charge in [-0.3, -0.25) is 4.84 Å². The first-order chi connectivity index (χ1) is 10.5. The summed E-state index contributed by atoms with van der Waals surface area (Å²) in [6.07, 6.45) is 0. The van der Waals surface area contributed by atoms with Crippen molar-refractivity contribution in [3.8, 4) is 0 Å². The van der Waals surface area contributed by atoms with Crippen molar-refractivity contribution in [1.82, 2.24) is 9.79 Å². The van der Waals surface area contributed by atoms with Gasteiger partial charge in [0.2, 0.25) is 10.0 Å². The Morgan fingerprint density at radius 2 is 1.78 bits per heavy atom. The number of hydrogen-bond acceptors (Lipinski definition) is 4. The monoisotopic (exact) mass is 340 g/mol. The van der Waals surface area contributed by atoms with Crippen LogP contribution < -0.4 is 4.72 Å². The van der Waals surface area contributed by atoms with Gasteiger partial charge < -0.3 is 0 Å². The maximum Gasteiger partial charge on any atom is 0.219 e. The summed E-state index contributed by atoms with van der Waals surface area (Å²) < 4.78 is 28.2. The first-order valence-corrected chi connectivity index (χ1v) is 9.54. The van der Waals surface area contributed by atoms with E-state index in [0.29, 0.717) is 5.92 Å². The highest BCUT2D eigenvalue weighted by Gasteiger charge is 2.44. The first-order valence-electron chi connectivity index (χ1n) is 7.99. The maximum atomic E-state index is 12.7. The van der Waals surface area contributed by atoms with Crippen LogP contribution in [0.15, 0.2) is 24.3 Å². The Kier molecular flexibility index (Phi) is 5.21. The minimum atomic E-state index is -3.49. The third-order valence-corrected chi connectivity index (χ3v) is 6.07. The van der Waals surface area contributed by atoms with Crippen molar-refractivity contribution in [1.29, 1.82) is 0 Å². The Hall–Kier alpha value is -0.950. The van der Waals surface area contributed by atoms with Gasteiger partial charge in [0.1, 0.15) is 5.25 Å². The fraction of sp³-hybridized carbons (Fsp3) is 0.647. The van der Waals surface area contributed by atoms with Gasteiger partial charge in [-0.25, -0.2) is 13.1 Å². The predicted octanol–water partition coefficient (Wildman–Crippen LogP) is 2.81. The molecule has 0 unspecified atom stereocenters. The SMILES string of the molecule is CC(C)c1ccc([C@@H]2[C@@H](S(=O)(=O)NC(C)(C)C)CON2C)cc1. The fourth-order valence-corrected chi connectivity index (χ4v) is 4.77. The van der Waals surface area contributed by atoms with E-state index in [9.17, 15) is 8.42 Å². The molecule has 0 saturated carbocycles. The van der Waals surface area contributed by atoms with Crippen molar-refractivity contribution in [2.75, 3.05) is 13.7 Å². The third kappa shape index (κ3) is 4.32. The van der Waals surface area contributed by atoms with Crippen molar-refractivity contribution < 1.29 is 13.3 Å². The van der Waals surface area contributed by atoms with E-state index in [4.69, 9.17) is 4.84 Å². The zero-order chi connectivity index (χ0) is 17.4. The molecule has 1 fully saturated rings. The molecule has 1 aliphatic rings. The Balaban J connectivity index is 2.31. The lowest BCUT2D eigenvalue weighted by molar-refractivity contribution is -0.110. The van der Waals surface area contributed by atoms with Gasteiger partial charge in [-0.2, -0.15) is 5.06 Å². The van der Waals surface area contributed by atoms with Crippen LogP contribution >= 0.6 is 0 Å². The molecule has 1 heterocycles. The van der Waals surface area contributed by atoms with E-state index in [1.54, 1.807) is 12.1 Å². The molecule has 130 valence electrons. The van der Waals surface area contributed by atoms with Gasteiger partial charge in [-0.05, 0) is 37.8 Å². The average Bonchev–Trinajstić information content (AvgIpc) is 2.79. The average molecular weight is 340 g/mol. The number of benzene rings is 1. The number of hydrogen-bond donors (Lipinski definition) is 1. The molecular formula is C17H28N2O3S. The molecule has 1 saturated heterocycles. The van der Waals surface area contributed by atoms with Crippen LogP contribution in [0, 0.1) is 0 Å². The van der Waals surface area contributed by atoms with Crippen molar-refractivity contribution in [3.05, 3.63) is 35.4 Å². The molecule has 1 N–H and O–H groups in total. The third-order valence-electron chi connectivity index (χ3n) is 3.98. The molecule has 0 amide bonds. The first kappa shape index (κ1) is 18.4. The largest absolute Gasteiger partial charge is 0.297 e. The van der Waals surface area contributed by atoms with Gasteiger partial charge >= 0.3 is 0 Å². The number of hydroxylamine groups is 2. The van der Waals surface area contributed by atoms with Gasteiger partial charge in [0, 0.05) is 12.6 Å². The van der Waals surface area contributed by atoms with E-state index in [2.05, 4.69) is 30.7 Å². The Labute approximate surface area is 140 Å². The summed E-state index contributed by atoms with van der Waals surface area (Å²) in [5.74, 6) is 0.448. The summed E-state index contributed by atoms with van der Waals surface area (Å²) in [5.41, 5.74) is 1.69. The predicted molar refractivity (Wildman–Crippen MR) is 92.6 cm³/mol. The lowest BCUT2D eigenvalue weighted by Gasteiger charge is -2.27. The molecule has 2 rings (SSSR count). The topological polar surface area (TPSA) is 58.6 Å². The molecular weight excluding hydrogens is 312 g/mol. The highest BCUT2D eigenvalue weighted by molar-refractivity contribution is 7.90. The molecule has 1 aliphatic heterocycles. The molecule has 0 spiro atoms. The number of nitrogens with zero attached hydrogens (tertiary/aromatic N) is 1. The minimum absolute atomic E-state index is 0.165. The molecule has 23 heavy (non-hydrogen) atoms. The number of rotatable bonds is 4. The van der Waals surface area contributed by atoms with Crippen LogP contribution in [0.25, 0.3) is 0 Å². The number of sulfonamides is 1. The normalized spacial score (nSPS) is 23.6. The quantitative estimate of drug-likeness (QED) is 0.916. The smallest absolute Gasteiger partial charge is 0.219 e. The summed E-state index contributed by atoms with van der Waals surface area (Å²) in [5, 5.41) is 1.02. The van der Waals surface area contributed by atoms with Crippen molar-refractivity contribution in [2.24, 2.45) is 0 Å². The lowest BCUT2D eigenvalue weighted by Crippen LogP contribution is -2.47. The van der Waals surface area contributed by atoms with E-state index >= 15 is 0 Å². The van der Waals surface area contributed by atoms with Crippen LogP contribution in [-0.2, 0) is 14.9 Å². The van der Waals surface area contributed by atoms with E-state index in [1.807, 2.05) is 32.9 Å². The van der Waals surface area contributed by atoms with Gasteiger partial charge in [-0.1, -0.05) is 38.1 Å². The molecule has 6 heteroatoms. The minimum Gasteiger partial charge on any atom is -0.297 e. The molecule has 0 aliphatic carbocycles. The van der Waals surface area contributed by atoms with Crippen LogP contribution in [0.3, 0.4) is 0 Å². The van der Waals surface area contributed by atoms with Crippen LogP contribution in [-0.4, -0.2) is 37.9 Å². The van der Waals surface area contributed by atoms with Crippen LogP contribution in [0.1, 0.15) is 57.7 Å². The van der Waals surface area contributed by atoms with Crippen LogP contribution in [0.2, 0.25) is 0 Å². The maximum absolute atomic E-state index is 12.7. The molecule has 0 radical (unpaired) electrons. The molecule has 0 aromatic heterocycles. The molecule has 1 aromatic carbocycles. The van der Waals surface area contributed by atoms with Gasteiger partial charge in [0.25, 0.3) is 0 Å². The summed E-state index contributed by atoms with van der Waals surface area (Å²) in [7, 11) is -1.71. The molecule has 5 nitrogen and oxygen atoms in total. The zero-order valence-electron chi connectivity index (χ0n) is 14.8. The highest BCUT2D eigenvalue weighted by atomic mass is 32.2. The van der Waals surface area contributed by atoms with E-state index in [0.717, 1.165) is 5.56 Å². The summed E-state index contributed by atoms with van der Waals surface area (Å²) >= 11 is 0. The Bertz CT molecular complexity index is 633. The second-order valence-electron chi connectivity index (χ2n) is 7.54. The standard InChI is InChI=1S/C17H28N2O3S/c1-12(2)13-7-9-14(10-8-13)16-15(11-22-19(16)6)23(20,21)18-17(3,4)5/h7-10,12,15-16,18H,11H2,1-6H3/t15-,16+/m0/s1. The highest BCUT2D eigenvalue weighted by Crippen LogP contribution is 2.34. The molecule has 1 aromatic rings.